The molecule has 0 spiro atoms. The first kappa shape index (κ1) is 20.2. The highest BCUT2D eigenvalue weighted by atomic mass is 19.3. The maximum atomic E-state index is 13.5. The Balaban J connectivity index is 1.33. The molecular weight excluding hydrogens is 448 g/mol. The van der Waals surface area contributed by atoms with Gasteiger partial charge in [0.1, 0.15) is 12.6 Å². The van der Waals surface area contributed by atoms with Gasteiger partial charge in [0.2, 0.25) is 0 Å². The number of halogens is 2. The van der Waals surface area contributed by atoms with E-state index in [9.17, 15) is 13.6 Å². The highest BCUT2D eigenvalue weighted by Crippen LogP contribution is 2.34. The number of carbonyl (C=O) groups excluding carboxylic acids is 1. The molecule has 5 aromatic rings. The lowest BCUT2D eigenvalue weighted by atomic mass is 9.99. The molecule has 0 bridgehead atoms. The van der Waals surface area contributed by atoms with Crippen molar-refractivity contribution in [1.29, 1.82) is 0 Å². The van der Waals surface area contributed by atoms with Gasteiger partial charge in [-0.2, -0.15) is 10.2 Å². The summed E-state index contributed by atoms with van der Waals surface area (Å²) in [5, 5.41) is 16.3. The summed E-state index contributed by atoms with van der Waals surface area (Å²) < 4.78 is 33.6. The Hall–Kier alpha value is -4.42. The predicted octanol–water partition coefficient (Wildman–Crippen LogP) is 2.36. The molecule has 6 heterocycles. The summed E-state index contributed by atoms with van der Waals surface area (Å²) in [5.41, 5.74) is 3.52. The van der Waals surface area contributed by atoms with Crippen molar-refractivity contribution in [3.05, 3.63) is 72.2 Å². The van der Waals surface area contributed by atoms with Crippen LogP contribution in [0, 0.1) is 0 Å². The van der Waals surface area contributed by atoms with E-state index in [-0.39, 0.29) is 11.8 Å². The number of hydrogen-bond acceptors (Lipinski definition) is 7. The van der Waals surface area contributed by atoms with Gasteiger partial charge in [-0.15, -0.1) is 10.2 Å². The number of H-pyrrole nitrogens is 1. The first-order valence-corrected chi connectivity index (χ1v) is 10.5. The molecule has 0 aliphatic carbocycles. The van der Waals surface area contributed by atoms with Gasteiger partial charge >= 0.3 is 11.8 Å². The lowest BCUT2D eigenvalue weighted by Gasteiger charge is -2.32. The van der Waals surface area contributed by atoms with Crippen molar-refractivity contribution in [1.82, 2.24) is 44.5 Å². The number of rotatable bonds is 5. The summed E-state index contributed by atoms with van der Waals surface area (Å²) in [7, 11) is 0. The van der Waals surface area contributed by atoms with Crippen molar-refractivity contribution in [2.24, 2.45) is 0 Å². The van der Waals surface area contributed by atoms with Gasteiger partial charge in [-0.1, -0.05) is 6.07 Å². The minimum Gasteiger partial charge on any atom is -0.412 e. The molecule has 1 aliphatic rings. The zero-order valence-corrected chi connectivity index (χ0v) is 17.5. The highest BCUT2D eigenvalue weighted by molar-refractivity contribution is 5.90. The molecule has 172 valence electrons. The quantitative estimate of drug-likeness (QED) is 0.423. The van der Waals surface area contributed by atoms with E-state index in [1.165, 1.54) is 12.4 Å². The van der Waals surface area contributed by atoms with Gasteiger partial charge in [-0.25, -0.2) is 18.3 Å². The molecule has 0 aromatic carbocycles. The standard InChI is InChI=1S/C21H17F2N9O2/c22-16(23)10-30-9-12(8-26-30)19-27-28-20(34-19)21(33)31-6-4-14-17(25-11-24-14)18(31)15-7-13-3-1-2-5-32(13)29-15/h1-3,5,7-9,11,16,18H,4,6,10H2,(H,24,25). The molecule has 34 heavy (non-hydrogen) atoms. The lowest BCUT2D eigenvalue weighted by Crippen LogP contribution is -2.41. The summed E-state index contributed by atoms with van der Waals surface area (Å²) in [5.74, 6) is -0.676. The Labute approximate surface area is 190 Å². The highest BCUT2D eigenvalue weighted by Gasteiger charge is 2.38. The summed E-state index contributed by atoms with van der Waals surface area (Å²) >= 11 is 0. The zero-order valence-electron chi connectivity index (χ0n) is 17.5. The minimum absolute atomic E-state index is 0.0191. The molecule has 0 saturated carbocycles. The second kappa shape index (κ2) is 7.86. The van der Waals surface area contributed by atoms with Gasteiger partial charge in [0, 0.05) is 31.1 Å². The van der Waals surface area contributed by atoms with Crippen molar-refractivity contribution >= 4 is 11.4 Å². The Morgan fingerprint density at radius 3 is 3.06 bits per heavy atom. The van der Waals surface area contributed by atoms with Gasteiger partial charge < -0.3 is 14.3 Å². The Morgan fingerprint density at radius 2 is 2.21 bits per heavy atom. The third-order valence-electron chi connectivity index (χ3n) is 5.67. The summed E-state index contributed by atoms with van der Waals surface area (Å²) in [6.07, 6.45) is 4.16. The fourth-order valence-electron chi connectivity index (χ4n) is 4.15. The van der Waals surface area contributed by atoms with E-state index in [2.05, 4.69) is 30.4 Å². The second-order valence-electron chi connectivity index (χ2n) is 7.81. The van der Waals surface area contributed by atoms with E-state index in [1.807, 2.05) is 30.5 Å². The Morgan fingerprint density at radius 1 is 1.29 bits per heavy atom. The van der Waals surface area contributed by atoms with E-state index in [0.717, 1.165) is 15.9 Å². The lowest BCUT2D eigenvalue weighted by molar-refractivity contribution is 0.0646. The fourth-order valence-corrected chi connectivity index (χ4v) is 4.15. The number of nitrogens with zero attached hydrogens (tertiary/aromatic N) is 8. The van der Waals surface area contributed by atoms with Crippen molar-refractivity contribution in [3.8, 4) is 11.5 Å². The van der Waals surface area contributed by atoms with E-state index >= 15 is 0 Å². The first-order chi connectivity index (χ1) is 16.6. The third kappa shape index (κ3) is 3.41. The number of aromatic amines is 1. The largest absolute Gasteiger partial charge is 0.412 e. The van der Waals surface area contributed by atoms with Crippen molar-refractivity contribution in [2.45, 2.75) is 25.4 Å². The van der Waals surface area contributed by atoms with Crippen LogP contribution in [0.15, 0.2) is 53.6 Å². The van der Waals surface area contributed by atoms with Crippen LogP contribution in [0.4, 0.5) is 8.78 Å². The van der Waals surface area contributed by atoms with Crippen LogP contribution in [0.3, 0.4) is 0 Å². The summed E-state index contributed by atoms with van der Waals surface area (Å²) in [6, 6.07) is 7.07. The summed E-state index contributed by atoms with van der Waals surface area (Å²) in [4.78, 5) is 22.6. The Bertz CT molecular complexity index is 1450. The monoisotopic (exact) mass is 465 g/mol. The van der Waals surface area contributed by atoms with E-state index in [0.29, 0.717) is 29.9 Å². The average molecular weight is 465 g/mol. The number of hydrogen-bond donors (Lipinski definition) is 1. The zero-order chi connectivity index (χ0) is 23.2. The molecule has 1 unspecified atom stereocenters. The number of amides is 1. The number of carbonyl (C=O) groups is 1. The molecule has 6 rings (SSSR count). The van der Waals surface area contributed by atoms with Gasteiger partial charge in [-0.05, 0) is 18.2 Å². The van der Waals surface area contributed by atoms with Crippen molar-refractivity contribution < 1.29 is 18.0 Å². The number of aromatic nitrogens is 8. The topological polar surface area (TPSA) is 123 Å². The third-order valence-corrected chi connectivity index (χ3v) is 5.67. The summed E-state index contributed by atoms with van der Waals surface area (Å²) in [6.45, 7) is -0.170. The number of imidazole rings is 1. The molecule has 0 fully saturated rings. The van der Waals surface area contributed by atoms with Crippen LogP contribution in [0.2, 0.25) is 0 Å². The molecule has 1 atom stereocenters. The first-order valence-electron chi connectivity index (χ1n) is 10.5. The molecule has 11 nitrogen and oxygen atoms in total. The maximum absolute atomic E-state index is 13.5. The van der Waals surface area contributed by atoms with E-state index < -0.39 is 24.9 Å². The van der Waals surface area contributed by atoms with Crippen LogP contribution in [-0.4, -0.2) is 63.3 Å². The molecule has 5 aromatic heterocycles. The molecular formula is C21H17F2N9O2. The number of fused-ring (bicyclic) bond motifs is 2. The van der Waals surface area contributed by atoms with Crippen LogP contribution in [0.5, 0.6) is 0 Å². The predicted molar refractivity (Wildman–Crippen MR) is 112 cm³/mol. The molecule has 1 aliphatic heterocycles. The average Bonchev–Trinajstić information content (AvgIpc) is 3.62. The Kier molecular flexibility index (Phi) is 4.67. The minimum atomic E-state index is -2.55. The smallest absolute Gasteiger partial charge is 0.312 e. The van der Waals surface area contributed by atoms with Crippen LogP contribution < -0.4 is 0 Å². The molecule has 0 saturated heterocycles. The maximum Gasteiger partial charge on any atom is 0.312 e. The van der Waals surface area contributed by atoms with Crippen LogP contribution in [0.25, 0.3) is 17.0 Å². The van der Waals surface area contributed by atoms with E-state index in [1.54, 1.807) is 15.7 Å². The molecule has 1 N–H and O–H groups in total. The van der Waals surface area contributed by atoms with Crippen LogP contribution in [0.1, 0.15) is 33.8 Å². The second-order valence-corrected chi connectivity index (χ2v) is 7.81. The molecule has 1 amide bonds. The van der Waals surface area contributed by atoms with Gasteiger partial charge in [-0.3, -0.25) is 9.48 Å². The van der Waals surface area contributed by atoms with Gasteiger partial charge in [0.05, 0.1) is 35.0 Å². The van der Waals surface area contributed by atoms with E-state index in [4.69, 9.17) is 4.42 Å². The van der Waals surface area contributed by atoms with Crippen molar-refractivity contribution in [3.63, 3.8) is 0 Å². The van der Waals surface area contributed by atoms with Crippen molar-refractivity contribution in [2.75, 3.05) is 6.54 Å². The molecule has 13 heteroatoms. The van der Waals surface area contributed by atoms with Crippen LogP contribution >= 0.6 is 0 Å². The SMILES string of the molecule is O=C(c1nnc(-c2cnn(CC(F)F)c2)o1)N1CCc2[nH]cnc2C1c1cc2ccccn2n1. The molecule has 0 radical (unpaired) electrons. The van der Waals surface area contributed by atoms with Crippen LogP contribution in [-0.2, 0) is 13.0 Å². The van der Waals surface area contributed by atoms with Gasteiger partial charge in [0.15, 0.2) is 0 Å². The number of alkyl halides is 2. The van der Waals surface area contributed by atoms with Gasteiger partial charge in [0.25, 0.3) is 12.3 Å². The number of pyridine rings is 1. The fraction of sp³-hybridized carbons (Fsp3) is 0.238. The number of nitrogens with one attached hydrogen (secondary N) is 1. The normalized spacial score (nSPS) is 15.9.